The minimum absolute atomic E-state index is 0. The van der Waals surface area contributed by atoms with Gasteiger partial charge in [-0.25, -0.2) is 0 Å². The Balaban J connectivity index is -0.0000000768. The first-order chi connectivity index (χ1) is 15.6. The largest absolute Gasteiger partial charge is 4.00 e. The fourth-order valence-corrected chi connectivity index (χ4v) is 1.91. The van der Waals surface area contributed by atoms with Gasteiger partial charge >= 0.3 is 52.4 Å². The van der Waals surface area contributed by atoms with Crippen LogP contribution < -0.4 is 24.8 Å². The number of hydrogen-bond donors (Lipinski definition) is 0. The van der Waals surface area contributed by atoms with Crippen LogP contribution in [0.4, 0.5) is 0 Å². The molecule has 0 saturated heterocycles. The molecule has 0 fully saturated rings. The maximum atomic E-state index is 3.72. The first-order valence-corrected chi connectivity index (χ1v) is 10.5. The minimum Gasteiger partial charge on any atom is -1.00 e. The van der Waals surface area contributed by atoms with E-state index in [4.69, 9.17) is 0 Å². The summed E-state index contributed by atoms with van der Waals surface area (Å²) >= 11 is 0. The monoisotopic (exact) mass is 672 g/mol. The molecule has 188 valence electrons. The summed E-state index contributed by atoms with van der Waals surface area (Å²) in [5.41, 5.74) is 4.29. The van der Waals surface area contributed by atoms with Crippen molar-refractivity contribution in [3.05, 3.63) is 185 Å². The van der Waals surface area contributed by atoms with Crippen LogP contribution in [0.25, 0.3) is 0 Å². The van der Waals surface area contributed by atoms with Gasteiger partial charge in [-0.05, 0) is 0 Å². The van der Waals surface area contributed by atoms with Gasteiger partial charge < -0.3 is 38.7 Å². The molecule has 0 bridgehead atoms. The molecule has 0 saturated carbocycles. The van der Waals surface area contributed by atoms with Crippen LogP contribution >= 0.6 is 0 Å². The fraction of sp³-hybridized carbons (Fsp3) is 0.0625. The van der Waals surface area contributed by atoms with Crippen molar-refractivity contribution in [2.24, 2.45) is 0 Å². The molecule has 36 heavy (non-hydrogen) atoms. The van der Waals surface area contributed by atoms with Gasteiger partial charge in [-0.15, -0.1) is 48.5 Å². The van der Waals surface area contributed by atoms with Crippen LogP contribution in [0, 0.1) is 41.5 Å². The SMILES string of the molecule is [CH2-]C.[CH2-]C.[CH2-]c1ccccc1.[CH2-]c1ccccc1.[CH2-]c1ccccc1.[CH2-]c1ccccc1.[Cl-].[Cl-].[Zr+4].[Zr+4]. The van der Waals surface area contributed by atoms with E-state index in [2.05, 4.69) is 41.5 Å². The van der Waals surface area contributed by atoms with Crippen molar-refractivity contribution in [2.45, 2.75) is 13.8 Å². The maximum Gasteiger partial charge on any atom is 4.00 e. The van der Waals surface area contributed by atoms with Crippen molar-refractivity contribution in [2.75, 3.05) is 0 Å². The van der Waals surface area contributed by atoms with Crippen molar-refractivity contribution in [1.82, 2.24) is 0 Å². The number of benzene rings is 4. The second-order valence-corrected chi connectivity index (χ2v) is 5.94. The Morgan fingerprint density at radius 3 is 0.472 bits per heavy atom. The molecule has 0 atom stereocenters. The van der Waals surface area contributed by atoms with Crippen LogP contribution in [-0.2, 0) is 52.4 Å². The summed E-state index contributed by atoms with van der Waals surface area (Å²) in [6.07, 6.45) is 0. The molecule has 0 aliphatic heterocycles. The molecule has 0 unspecified atom stereocenters. The van der Waals surface area contributed by atoms with E-state index in [1.807, 2.05) is 121 Å². The van der Waals surface area contributed by atoms with Crippen molar-refractivity contribution in [1.29, 1.82) is 0 Å². The Morgan fingerprint density at radius 1 is 0.306 bits per heavy atom. The van der Waals surface area contributed by atoms with Crippen LogP contribution in [0.1, 0.15) is 36.1 Å². The summed E-state index contributed by atoms with van der Waals surface area (Å²) in [6, 6.07) is 39.5. The average molecular weight is 676 g/mol. The summed E-state index contributed by atoms with van der Waals surface area (Å²) < 4.78 is 0. The topological polar surface area (TPSA) is 0 Å². The molecule has 0 nitrogen and oxygen atoms in total. The van der Waals surface area contributed by atoms with E-state index in [1.165, 1.54) is 0 Å². The van der Waals surface area contributed by atoms with E-state index < -0.39 is 0 Å². The summed E-state index contributed by atoms with van der Waals surface area (Å²) in [7, 11) is 0. The molecule has 0 N–H and O–H groups in total. The van der Waals surface area contributed by atoms with Gasteiger partial charge in [0, 0.05) is 0 Å². The van der Waals surface area contributed by atoms with Gasteiger partial charge in [0.2, 0.25) is 0 Å². The molecule has 4 aromatic rings. The zero-order valence-corrected chi connectivity index (χ0v) is 28.0. The summed E-state index contributed by atoms with van der Waals surface area (Å²) in [5, 5.41) is 0. The number of hydrogen-bond acceptors (Lipinski definition) is 0. The molecular weight excluding hydrogens is 638 g/mol. The molecule has 0 spiro atoms. The Hall–Kier alpha value is -1.29. The molecule has 0 amide bonds. The molecule has 4 heteroatoms. The van der Waals surface area contributed by atoms with Gasteiger partial charge in [0.25, 0.3) is 0 Å². The predicted molar refractivity (Wildman–Crippen MR) is 146 cm³/mol. The van der Waals surface area contributed by atoms with E-state index >= 15 is 0 Å². The van der Waals surface area contributed by atoms with Gasteiger partial charge in [0.05, 0.1) is 0 Å². The minimum atomic E-state index is 0. The smallest absolute Gasteiger partial charge is 1.00 e. The fourth-order valence-electron chi connectivity index (χ4n) is 1.91. The van der Waals surface area contributed by atoms with E-state index in [-0.39, 0.29) is 77.2 Å². The number of halogens is 2. The predicted octanol–water partition coefficient (Wildman–Crippen LogP) is 3.16. The second kappa shape index (κ2) is 38.2. The van der Waals surface area contributed by atoms with Crippen LogP contribution in [0.3, 0.4) is 0 Å². The molecule has 4 rings (SSSR count). The summed E-state index contributed by atoms with van der Waals surface area (Å²) in [5.74, 6) is 0. The van der Waals surface area contributed by atoms with Gasteiger partial charge in [0.15, 0.2) is 0 Å². The molecule has 0 aromatic heterocycles. The third kappa shape index (κ3) is 34.9. The van der Waals surface area contributed by atoms with Crippen LogP contribution in [0.2, 0.25) is 0 Å². The number of rotatable bonds is 0. The van der Waals surface area contributed by atoms with Gasteiger partial charge in [0.1, 0.15) is 0 Å². The van der Waals surface area contributed by atoms with Crippen molar-refractivity contribution in [3.63, 3.8) is 0 Å². The third-order valence-electron chi connectivity index (χ3n) is 3.37. The second-order valence-electron chi connectivity index (χ2n) is 5.94. The van der Waals surface area contributed by atoms with E-state index in [9.17, 15) is 0 Å². The van der Waals surface area contributed by atoms with Crippen molar-refractivity contribution < 1.29 is 77.2 Å². The first-order valence-electron chi connectivity index (χ1n) is 10.5. The normalized spacial score (nSPS) is 7.00. The first kappa shape index (κ1) is 47.8. The van der Waals surface area contributed by atoms with Crippen LogP contribution in [0.15, 0.2) is 121 Å². The Kier molecular flexibility index (Phi) is 50.8. The van der Waals surface area contributed by atoms with E-state index in [0.717, 1.165) is 22.3 Å². The van der Waals surface area contributed by atoms with E-state index in [0.29, 0.717) is 0 Å². The van der Waals surface area contributed by atoms with Crippen LogP contribution in [-0.4, -0.2) is 0 Å². The molecule has 0 radical (unpaired) electrons. The van der Waals surface area contributed by atoms with E-state index in [1.54, 1.807) is 13.8 Å². The van der Waals surface area contributed by atoms with Crippen molar-refractivity contribution in [3.8, 4) is 0 Å². The van der Waals surface area contributed by atoms with Crippen molar-refractivity contribution >= 4 is 0 Å². The van der Waals surface area contributed by atoms with Gasteiger partial charge in [-0.1, -0.05) is 24.3 Å². The molecular formula is C32H38Cl2Zr2. The molecule has 0 heterocycles. The quantitative estimate of drug-likeness (QED) is 0.252. The third-order valence-corrected chi connectivity index (χ3v) is 3.37. The Morgan fingerprint density at radius 2 is 0.417 bits per heavy atom. The zero-order chi connectivity index (χ0) is 24.5. The molecule has 4 aromatic carbocycles. The zero-order valence-electron chi connectivity index (χ0n) is 21.5. The standard InChI is InChI=1S/4C7H7.2C2H5.2ClH.2Zr/c4*1-7-5-3-2-4-6-7;2*1-2;;;;/h4*2-6H,1H2;2*1H2,2H3;2*1H;;/q6*-1;;;2*+4/p-2. The average Bonchev–Trinajstić information content (AvgIpc) is 2.85. The molecule has 0 aliphatic rings. The maximum absolute atomic E-state index is 3.72. The van der Waals surface area contributed by atoms with Crippen LogP contribution in [0.5, 0.6) is 0 Å². The summed E-state index contributed by atoms with van der Waals surface area (Å²) in [6.45, 7) is 24.9. The van der Waals surface area contributed by atoms with Gasteiger partial charge in [-0.3, -0.25) is 0 Å². The molecule has 0 aliphatic carbocycles. The Labute approximate surface area is 273 Å². The van der Waals surface area contributed by atoms with Gasteiger partial charge in [-0.2, -0.15) is 112 Å². The Bertz CT molecular complexity index is 692. The summed E-state index contributed by atoms with van der Waals surface area (Å²) in [4.78, 5) is 0.